The second-order valence-electron chi connectivity index (χ2n) is 5.22. The quantitative estimate of drug-likeness (QED) is 0.872. The van der Waals surface area contributed by atoms with Gasteiger partial charge >= 0.3 is 0 Å². The maximum atomic E-state index is 13.4. The van der Waals surface area contributed by atoms with Crippen LogP contribution in [0.3, 0.4) is 0 Å². The number of halogens is 2. The fourth-order valence-electron chi connectivity index (χ4n) is 2.47. The Bertz CT molecular complexity index is 386. The summed E-state index contributed by atoms with van der Waals surface area (Å²) in [5.41, 5.74) is 1.25. The minimum absolute atomic E-state index is 0.182. The van der Waals surface area contributed by atoms with Gasteiger partial charge in [-0.3, -0.25) is 0 Å². The summed E-state index contributed by atoms with van der Waals surface area (Å²) in [6, 6.07) is 5.34. The van der Waals surface area contributed by atoms with Gasteiger partial charge in [0.05, 0.1) is 4.47 Å². The normalized spacial score (nSPS) is 19.2. The van der Waals surface area contributed by atoms with E-state index in [-0.39, 0.29) is 11.4 Å². The van der Waals surface area contributed by atoms with Crippen molar-refractivity contribution in [3.8, 4) is 0 Å². The third-order valence-electron chi connectivity index (χ3n) is 3.66. The molecule has 1 N–H and O–H groups in total. The molecule has 1 fully saturated rings. The minimum atomic E-state index is -0.182. The zero-order chi connectivity index (χ0) is 12.3. The van der Waals surface area contributed by atoms with E-state index in [2.05, 4.69) is 28.2 Å². The van der Waals surface area contributed by atoms with E-state index in [1.54, 1.807) is 12.1 Å². The summed E-state index contributed by atoms with van der Waals surface area (Å²) in [7, 11) is 0. The first-order valence-corrected chi connectivity index (χ1v) is 7.07. The molecule has 1 saturated carbocycles. The highest BCUT2D eigenvalue weighted by atomic mass is 79.9. The van der Waals surface area contributed by atoms with Crippen molar-refractivity contribution in [1.29, 1.82) is 0 Å². The van der Waals surface area contributed by atoms with Gasteiger partial charge in [-0.2, -0.15) is 0 Å². The van der Waals surface area contributed by atoms with E-state index in [4.69, 9.17) is 0 Å². The van der Waals surface area contributed by atoms with Gasteiger partial charge in [0.1, 0.15) is 5.82 Å². The minimum Gasteiger partial charge on any atom is -0.307 e. The van der Waals surface area contributed by atoms with Crippen molar-refractivity contribution in [2.45, 2.75) is 51.1 Å². The molecular weight excluding hydrogens is 281 g/mol. The maximum absolute atomic E-state index is 13.4. The van der Waals surface area contributed by atoms with E-state index >= 15 is 0 Å². The third kappa shape index (κ3) is 3.52. The summed E-state index contributed by atoms with van der Waals surface area (Å²) < 4.78 is 13.9. The van der Waals surface area contributed by atoms with Crippen LogP contribution >= 0.6 is 15.9 Å². The first-order chi connectivity index (χ1) is 8.09. The molecule has 0 radical (unpaired) electrons. The third-order valence-corrected chi connectivity index (χ3v) is 4.30. The van der Waals surface area contributed by atoms with Gasteiger partial charge in [-0.05, 0) is 53.4 Å². The van der Waals surface area contributed by atoms with Crippen LogP contribution in [-0.2, 0) is 6.54 Å². The van der Waals surface area contributed by atoms with E-state index in [0.717, 1.165) is 12.1 Å². The predicted molar refractivity (Wildman–Crippen MR) is 72.4 cm³/mol. The molecule has 0 heterocycles. The van der Waals surface area contributed by atoms with Gasteiger partial charge in [0.25, 0.3) is 0 Å². The van der Waals surface area contributed by atoms with Gasteiger partial charge in [-0.1, -0.05) is 25.3 Å². The van der Waals surface area contributed by atoms with Gasteiger partial charge < -0.3 is 5.32 Å². The number of benzene rings is 1. The summed E-state index contributed by atoms with van der Waals surface area (Å²) >= 11 is 3.17. The molecule has 0 amide bonds. The SMILES string of the molecule is CC1(NCc2ccc(Br)c(F)c2)CCCCC1. The van der Waals surface area contributed by atoms with Gasteiger partial charge in [0.2, 0.25) is 0 Å². The average Bonchev–Trinajstić information content (AvgIpc) is 2.32. The Labute approximate surface area is 111 Å². The van der Waals surface area contributed by atoms with E-state index in [1.807, 2.05) is 6.07 Å². The van der Waals surface area contributed by atoms with Crippen molar-refractivity contribution < 1.29 is 4.39 Å². The second kappa shape index (κ2) is 5.49. The van der Waals surface area contributed by atoms with Crippen molar-refractivity contribution in [1.82, 2.24) is 5.32 Å². The maximum Gasteiger partial charge on any atom is 0.137 e. The largest absolute Gasteiger partial charge is 0.307 e. The van der Waals surface area contributed by atoms with E-state index in [0.29, 0.717) is 4.47 Å². The Morgan fingerprint density at radius 3 is 2.65 bits per heavy atom. The van der Waals surface area contributed by atoms with Crippen molar-refractivity contribution in [3.05, 3.63) is 34.1 Å². The molecule has 1 aromatic carbocycles. The molecule has 0 unspecified atom stereocenters. The van der Waals surface area contributed by atoms with Crippen LogP contribution in [-0.4, -0.2) is 5.54 Å². The van der Waals surface area contributed by atoms with Gasteiger partial charge in [-0.15, -0.1) is 0 Å². The first-order valence-electron chi connectivity index (χ1n) is 6.28. The van der Waals surface area contributed by atoms with Crippen LogP contribution in [0.25, 0.3) is 0 Å². The molecule has 1 aliphatic rings. The molecule has 17 heavy (non-hydrogen) atoms. The number of nitrogens with one attached hydrogen (secondary N) is 1. The van der Waals surface area contributed by atoms with Crippen molar-refractivity contribution in [3.63, 3.8) is 0 Å². The molecule has 1 nitrogen and oxygen atoms in total. The van der Waals surface area contributed by atoms with Crippen LogP contribution in [0, 0.1) is 5.82 Å². The predicted octanol–water partition coefficient (Wildman–Crippen LogP) is 4.40. The lowest BCUT2D eigenvalue weighted by Crippen LogP contribution is -2.43. The Hall–Kier alpha value is -0.410. The lowest BCUT2D eigenvalue weighted by Gasteiger charge is -2.34. The molecule has 0 saturated heterocycles. The fraction of sp³-hybridized carbons (Fsp3) is 0.571. The lowest BCUT2D eigenvalue weighted by atomic mass is 9.83. The molecule has 0 bridgehead atoms. The van der Waals surface area contributed by atoms with Crippen molar-refractivity contribution in [2.24, 2.45) is 0 Å². The van der Waals surface area contributed by atoms with E-state index < -0.39 is 0 Å². The van der Waals surface area contributed by atoms with Crippen LogP contribution in [0.15, 0.2) is 22.7 Å². The Morgan fingerprint density at radius 1 is 1.29 bits per heavy atom. The Balaban J connectivity index is 1.94. The molecule has 1 aromatic rings. The summed E-state index contributed by atoms with van der Waals surface area (Å²) in [4.78, 5) is 0. The van der Waals surface area contributed by atoms with Gasteiger partial charge in [-0.25, -0.2) is 4.39 Å². The monoisotopic (exact) mass is 299 g/mol. The molecule has 1 aliphatic carbocycles. The topological polar surface area (TPSA) is 12.0 Å². The fourth-order valence-corrected chi connectivity index (χ4v) is 2.72. The molecule has 94 valence electrons. The summed E-state index contributed by atoms with van der Waals surface area (Å²) in [6.07, 6.45) is 6.42. The van der Waals surface area contributed by atoms with Crippen LogP contribution < -0.4 is 5.32 Å². The molecule has 0 atom stereocenters. The number of hydrogen-bond donors (Lipinski definition) is 1. The van der Waals surface area contributed by atoms with Crippen molar-refractivity contribution in [2.75, 3.05) is 0 Å². The zero-order valence-electron chi connectivity index (χ0n) is 10.2. The summed E-state index contributed by atoms with van der Waals surface area (Å²) in [6.45, 7) is 3.03. The van der Waals surface area contributed by atoms with Crippen LogP contribution in [0.4, 0.5) is 4.39 Å². The highest BCUT2D eigenvalue weighted by Gasteiger charge is 2.25. The Morgan fingerprint density at radius 2 is 2.00 bits per heavy atom. The van der Waals surface area contributed by atoms with Crippen molar-refractivity contribution >= 4 is 15.9 Å². The molecule has 0 aromatic heterocycles. The smallest absolute Gasteiger partial charge is 0.137 e. The first kappa shape index (κ1) is 13.0. The molecular formula is C14H19BrFN. The molecule has 0 spiro atoms. The Kier molecular flexibility index (Phi) is 4.21. The van der Waals surface area contributed by atoms with Crippen LogP contribution in [0.1, 0.15) is 44.6 Å². The summed E-state index contributed by atoms with van der Waals surface area (Å²) in [5.74, 6) is -0.182. The van der Waals surface area contributed by atoms with E-state index in [9.17, 15) is 4.39 Å². The highest BCUT2D eigenvalue weighted by molar-refractivity contribution is 9.10. The number of rotatable bonds is 3. The second-order valence-corrected chi connectivity index (χ2v) is 6.08. The standard InChI is InChI=1S/C14H19BrFN/c1-14(7-3-2-4-8-14)17-10-11-5-6-12(15)13(16)9-11/h5-6,9,17H,2-4,7-8,10H2,1H3. The van der Waals surface area contributed by atoms with Crippen LogP contribution in [0.2, 0.25) is 0 Å². The highest BCUT2D eigenvalue weighted by Crippen LogP contribution is 2.28. The molecule has 3 heteroatoms. The zero-order valence-corrected chi connectivity index (χ0v) is 11.8. The summed E-state index contributed by atoms with van der Waals surface area (Å²) in [5, 5.41) is 3.58. The van der Waals surface area contributed by atoms with Gasteiger partial charge in [0, 0.05) is 12.1 Å². The lowest BCUT2D eigenvalue weighted by molar-refractivity contribution is 0.252. The molecule has 0 aliphatic heterocycles. The molecule has 2 rings (SSSR count). The van der Waals surface area contributed by atoms with Gasteiger partial charge in [0.15, 0.2) is 0 Å². The average molecular weight is 300 g/mol. The van der Waals surface area contributed by atoms with E-state index in [1.165, 1.54) is 32.1 Å². The number of hydrogen-bond acceptors (Lipinski definition) is 1. The van der Waals surface area contributed by atoms with Crippen LogP contribution in [0.5, 0.6) is 0 Å².